The first-order valence-electron chi connectivity index (χ1n) is 5.09. The van der Waals surface area contributed by atoms with Crippen LogP contribution in [0, 0.1) is 0 Å². The van der Waals surface area contributed by atoms with Gasteiger partial charge in [-0.25, -0.2) is 0 Å². The highest BCUT2D eigenvalue weighted by Crippen LogP contribution is 2.26. The Morgan fingerprint density at radius 2 is 1.88 bits per heavy atom. The van der Waals surface area contributed by atoms with Gasteiger partial charge in [-0.05, 0) is 17.7 Å². The summed E-state index contributed by atoms with van der Waals surface area (Å²) < 4.78 is 5.46. The zero-order valence-corrected chi connectivity index (χ0v) is 8.76. The van der Waals surface area contributed by atoms with Gasteiger partial charge in [0.25, 0.3) is 0 Å². The van der Waals surface area contributed by atoms with E-state index in [2.05, 4.69) is 5.32 Å². The van der Waals surface area contributed by atoms with Gasteiger partial charge in [-0.15, -0.1) is 0 Å². The highest BCUT2D eigenvalue weighted by molar-refractivity contribution is 5.27. The van der Waals surface area contributed by atoms with E-state index < -0.39 is 5.54 Å². The van der Waals surface area contributed by atoms with E-state index in [1.807, 2.05) is 0 Å². The second-order valence-electron chi connectivity index (χ2n) is 4.02. The van der Waals surface area contributed by atoms with Crippen LogP contribution in [0.1, 0.15) is 11.8 Å². The molecule has 5 nitrogen and oxygen atoms in total. The van der Waals surface area contributed by atoms with E-state index in [0.717, 1.165) is 5.56 Å². The zero-order chi connectivity index (χ0) is 11.6. The molecule has 1 saturated heterocycles. The van der Waals surface area contributed by atoms with Crippen LogP contribution >= 0.6 is 0 Å². The summed E-state index contributed by atoms with van der Waals surface area (Å²) in [6, 6.07) is 6.60. The van der Waals surface area contributed by atoms with Crippen LogP contribution in [0.5, 0.6) is 5.75 Å². The molecule has 16 heavy (non-hydrogen) atoms. The molecule has 1 fully saturated rings. The molecule has 0 bridgehead atoms. The first-order valence-corrected chi connectivity index (χ1v) is 5.09. The Morgan fingerprint density at radius 3 is 2.38 bits per heavy atom. The molecule has 1 unspecified atom stereocenters. The lowest BCUT2D eigenvalue weighted by Gasteiger charge is -2.23. The van der Waals surface area contributed by atoms with E-state index in [1.54, 1.807) is 24.3 Å². The van der Waals surface area contributed by atoms with E-state index in [0.29, 0.717) is 0 Å². The maximum absolute atomic E-state index is 9.18. The molecule has 0 radical (unpaired) electrons. The lowest BCUT2D eigenvalue weighted by atomic mass is 10.0. The molecule has 1 aliphatic heterocycles. The largest absolute Gasteiger partial charge is 0.508 e. The van der Waals surface area contributed by atoms with Crippen LogP contribution in [-0.4, -0.2) is 40.7 Å². The van der Waals surface area contributed by atoms with Gasteiger partial charge in [-0.2, -0.15) is 0 Å². The van der Waals surface area contributed by atoms with Crippen LogP contribution in [-0.2, 0) is 4.74 Å². The normalized spacial score (nSPS) is 23.5. The minimum absolute atomic E-state index is 0.182. The van der Waals surface area contributed by atoms with Gasteiger partial charge < -0.3 is 20.1 Å². The van der Waals surface area contributed by atoms with Gasteiger partial charge in [0.05, 0.1) is 25.4 Å². The van der Waals surface area contributed by atoms with Crippen LogP contribution in [0.25, 0.3) is 0 Å². The van der Waals surface area contributed by atoms with Crippen molar-refractivity contribution in [2.45, 2.75) is 11.8 Å². The molecule has 1 aromatic rings. The molecule has 2 rings (SSSR count). The van der Waals surface area contributed by atoms with Crippen LogP contribution in [0.3, 0.4) is 0 Å². The first kappa shape index (κ1) is 11.3. The molecule has 1 aromatic carbocycles. The maximum Gasteiger partial charge on any atom is 0.135 e. The van der Waals surface area contributed by atoms with Gasteiger partial charge in [0.2, 0.25) is 0 Å². The number of aliphatic hydroxyl groups is 2. The zero-order valence-electron chi connectivity index (χ0n) is 8.76. The maximum atomic E-state index is 9.18. The molecule has 5 heteroatoms. The predicted molar refractivity (Wildman–Crippen MR) is 56.8 cm³/mol. The molecule has 0 spiro atoms. The Kier molecular flexibility index (Phi) is 3.11. The highest BCUT2D eigenvalue weighted by atomic mass is 16.5. The summed E-state index contributed by atoms with van der Waals surface area (Å²) in [6.07, 6.45) is -0.361. The van der Waals surface area contributed by atoms with Crippen LogP contribution < -0.4 is 5.32 Å². The Bertz CT molecular complexity index is 348. The molecule has 0 aliphatic carbocycles. The number of benzene rings is 1. The number of phenolic OH excluding ortho intramolecular Hbond substituents is 1. The Balaban J connectivity index is 2.11. The van der Waals surface area contributed by atoms with Crippen molar-refractivity contribution in [1.82, 2.24) is 5.32 Å². The monoisotopic (exact) mass is 225 g/mol. The fraction of sp³-hybridized carbons (Fsp3) is 0.455. The van der Waals surface area contributed by atoms with E-state index in [4.69, 9.17) is 9.84 Å². The lowest BCUT2D eigenvalue weighted by molar-refractivity contribution is 0.0760. The molecule has 0 saturated carbocycles. The number of aliphatic hydroxyl groups excluding tert-OH is 2. The number of phenols is 1. The van der Waals surface area contributed by atoms with Crippen LogP contribution in [0.4, 0.5) is 0 Å². The molecular weight excluding hydrogens is 210 g/mol. The predicted octanol–water partition coefficient (Wildman–Crippen LogP) is -0.266. The van der Waals surface area contributed by atoms with Crippen molar-refractivity contribution in [2.24, 2.45) is 0 Å². The molecule has 1 aliphatic rings. The molecule has 4 N–H and O–H groups in total. The lowest BCUT2D eigenvalue weighted by Crippen LogP contribution is -2.49. The Labute approximate surface area is 93.3 Å². The molecule has 1 heterocycles. The smallest absolute Gasteiger partial charge is 0.135 e. The van der Waals surface area contributed by atoms with Crippen LogP contribution in [0.15, 0.2) is 24.3 Å². The SMILES string of the molecule is OCC1(CO)COC(c2ccc(O)cc2)N1. The average molecular weight is 225 g/mol. The number of hydrogen-bond acceptors (Lipinski definition) is 5. The summed E-state index contributed by atoms with van der Waals surface area (Å²) in [7, 11) is 0. The summed E-state index contributed by atoms with van der Waals surface area (Å²) in [5, 5.41) is 30.6. The van der Waals surface area contributed by atoms with Gasteiger partial charge in [0.15, 0.2) is 0 Å². The summed E-state index contributed by atoms with van der Waals surface area (Å²) in [4.78, 5) is 0. The number of hydrogen-bond donors (Lipinski definition) is 4. The van der Waals surface area contributed by atoms with E-state index in [1.165, 1.54) is 0 Å². The van der Waals surface area contributed by atoms with Gasteiger partial charge in [-0.3, -0.25) is 5.32 Å². The number of nitrogens with one attached hydrogen (secondary N) is 1. The van der Waals surface area contributed by atoms with Crippen molar-refractivity contribution in [3.8, 4) is 5.75 Å². The molecule has 1 atom stereocenters. The van der Waals surface area contributed by atoms with Crippen molar-refractivity contribution in [1.29, 1.82) is 0 Å². The second-order valence-corrected chi connectivity index (χ2v) is 4.02. The van der Waals surface area contributed by atoms with Crippen molar-refractivity contribution >= 4 is 0 Å². The van der Waals surface area contributed by atoms with E-state index >= 15 is 0 Å². The quantitative estimate of drug-likeness (QED) is 0.569. The standard InChI is InChI=1S/C11H15NO4/c13-5-11(6-14)7-16-10(12-11)8-1-3-9(15)4-2-8/h1-4,10,12-15H,5-7H2. The average Bonchev–Trinajstić information content (AvgIpc) is 2.75. The van der Waals surface area contributed by atoms with E-state index in [-0.39, 0.29) is 31.8 Å². The minimum Gasteiger partial charge on any atom is -0.508 e. The summed E-state index contributed by atoms with van der Waals surface area (Å²) >= 11 is 0. The summed E-state index contributed by atoms with van der Waals surface area (Å²) in [5.74, 6) is 0.192. The third-order valence-corrected chi connectivity index (χ3v) is 2.76. The molecule has 88 valence electrons. The molecule has 0 amide bonds. The topological polar surface area (TPSA) is 82.0 Å². The van der Waals surface area contributed by atoms with Gasteiger partial charge >= 0.3 is 0 Å². The summed E-state index contributed by atoms with van der Waals surface area (Å²) in [6.45, 7) is -0.109. The summed E-state index contributed by atoms with van der Waals surface area (Å²) in [5.41, 5.74) is 0.0734. The second kappa shape index (κ2) is 4.39. The number of ether oxygens (including phenoxy) is 1. The molecule has 0 aromatic heterocycles. The van der Waals surface area contributed by atoms with Crippen LogP contribution in [0.2, 0.25) is 0 Å². The molecular formula is C11H15NO4. The Morgan fingerprint density at radius 1 is 1.25 bits per heavy atom. The Hall–Kier alpha value is -1.14. The minimum atomic E-state index is -0.775. The van der Waals surface area contributed by atoms with Crippen molar-refractivity contribution in [3.05, 3.63) is 29.8 Å². The number of aromatic hydroxyl groups is 1. The van der Waals surface area contributed by atoms with Crippen molar-refractivity contribution in [2.75, 3.05) is 19.8 Å². The van der Waals surface area contributed by atoms with E-state index in [9.17, 15) is 10.2 Å². The number of rotatable bonds is 3. The first-order chi connectivity index (χ1) is 7.69. The van der Waals surface area contributed by atoms with Crippen molar-refractivity contribution in [3.63, 3.8) is 0 Å². The fourth-order valence-electron chi connectivity index (χ4n) is 1.67. The third-order valence-electron chi connectivity index (χ3n) is 2.76. The van der Waals surface area contributed by atoms with Gasteiger partial charge in [0.1, 0.15) is 12.0 Å². The van der Waals surface area contributed by atoms with Gasteiger partial charge in [-0.1, -0.05) is 12.1 Å². The highest BCUT2D eigenvalue weighted by Gasteiger charge is 2.39. The van der Waals surface area contributed by atoms with Crippen molar-refractivity contribution < 1.29 is 20.1 Å². The third kappa shape index (κ3) is 2.03. The van der Waals surface area contributed by atoms with Gasteiger partial charge in [0, 0.05) is 0 Å². The fourth-order valence-corrected chi connectivity index (χ4v) is 1.67.